The molecule has 0 spiro atoms. The van der Waals surface area contributed by atoms with E-state index in [9.17, 15) is 0 Å². The summed E-state index contributed by atoms with van der Waals surface area (Å²) in [5.74, 6) is 3.52. The van der Waals surface area contributed by atoms with Crippen molar-refractivity contribution in [3.63, 3.8) is 0 Å². The van der Waals surface area contributed by atoms with Crippen molar-refractivity contribution in [1.82, 2.24) is 15.0 Å². The van der Waals surface area contributed by atoms with E-state index < -0.39 is 0 Å². The van der Waals surface area contributed by atoms with Gasteiger partial charge in [0.15, 0.2) is 17.5 Å². The number of benzene rings is 6. The summed E-state index contributed by atoms with van der Waals surface area (Å²) in [4.78, 5) is 14.6. The van der Waals surface area contributed by atoms with Crippen molar-refractivity contribution in [2.45, 2.75) is 0 Å². The van der Waals surface area contributed by atoms with Crippen LogP contribution in [-0.4, -0.2) is 15.0 Å². The minimum atomic E-state index is 0.604. The Kier molecular flexibility index (Phi) is 5.42. The second-order valence-corrected chi connectivity index (χ2v) is 10.1. The summed E-state index contributed by atoms with van der Waals surface area (Å²) in [7, 11) is 0. The maximum absolute atomic E-state index is 6.56. The quantitative estimate of drug-likeness (QED) is 0.230. The number of ether oxygens (including phenoxy) is 1. The fraction of sp³-hybridized carbons (Fsp3) is 0. The van der Waals surface area contributed by atoms with E-state index in [1.54, 1.807) is 0 Å². The van der Waals surface area contributed by atoms with Gasteiger partial charge in [0.2, 0.25) is 0 Å². The lowest BCUT2D eigenvalue weighted by Gasteiger charge is -2.23. The number of nitrogens with zero attached hydrogens (tertiary/aromatic N) is 3. The van der Waals surface area contributed by atoms with Crippen molar-refractivity contribution in [2.24, 2.45) is 0 Å². The van der Waals surface area contributed by atoms with Crippen molar-refractivity contribution < 1.29 is 4.74 Å². The minimum absolute atomic E-state index is 0.604. The van der Waals surface area contributed by atoms with Crippen LogP contribution in [0.1, 0.15) is 0 Å². The number of fused-ring (bicyclic) bond motifs is 2. The first-order chi connectivity index (χ1) is 20.3. The molecule has 0 amide bonds. The first-order valence-electron chi connectivity index (χ1n) is 13.6. The summed E-state index contributed by atoms with van der Waals surface area (Å²) >= 11 is 0. The molecule has 0 fully saturated rings. The van der Waals surface area contributed by atoms with Crippen LogP contribution in [0, 0.1) is 0 Å². The van der Waals surface area contributed by atoms with Gasteiger partial charge in [-0.1, -0.05) is 121 Å². The molecule has 8 rings (SSSR count). The number of aromatic nitrogens is 3. The molecular formula is C37H23N3O. The number of hydrogen-bond acceptors (Lipinski definition) is 4. The molecule has 0 saturated heterocycles. The lowest BCUT2D eigenvalue weighted by Crippen LogP contribution is -2.01. The Morgan fingerprint density at radius 2 is 0.927 bits per heavy atom. The van der Waals surface area contributed by atoms with Gasteiger partial charge in [0, 0.05) is 27.6 Å². The van der Waals surface area contributed by atoms with Crippen LogP contribution >= 0.6 is 0 Å². The van der Waals surface area contributed by atoms with E-state index in [1.807, 2.05) is 72.8 Å². The summed E-state index contributed by atoms with van der Waals surface area (Å²) in [5, 5.41) is 2.31. The van der Waals surface area contributed by atoms with Crippen LogP contribution in [0.15, 0.2) is 140 Å². The van der Waals surface area contributed by atoms with Gasteiger partial charge < -0.3 is 4.74 Å². The van der Waals surface area contributed by atoms with Gasteiger partial charge in [-0.2, -0.15) is 0 Å². The average molecular weight is 526 g/mol. The Balaban J connectivity index is 1.27. The van der Waals surface area contributed by atoms with Crippen molar-refractivity contribution >= 4 is 10.8 Å². The first kappa shape index (κ1) is 23.3. The van der Waals surface area contributed by atoms with E-state index in [4.69, 9.17) is 19.7 Å². The van der Waals surface area contributed by atoms with Crippen molar-refractivity contribution in [2.75, 3.05) is 0 Å². The number of rotatable bonds is 4. The third-order valence-corrected chi connectivity index (χ3v) is 7.54. The van der Waals surface area contributed by atoms with Gasteiger partial charge >= 0.3 is 0 Å². The SMILES string of the molecule is c1ccc(-c2nc(-c3ccccc3)nc(-c3ccc4c(c3)Oc3ccc(-c5ccccc5)c5cccc-4c35)n2)cc1. The fourth-order valence-corrected chi connectivity index (χ4v) is 5.58. The minimum Gasteiger partial charge on any atom is -0.456 e. The van der Waals surface area contributed by atoms with Crippen LogP contribution in [0.5, 0.6) is 11.5 Å². The van der Waals surface area contributed by atoms with E-state index in [1.165, 1.54) is 16.5 Å². The Bertz CT molecular complexity index is 2000. The molecule has 0 aliphatic carbocycles. The first-order valence-corrected chi connectivity index (χ1v) is 13.6. The molecule has 1 aliphatic heterocycles. The zero-order valence-corrected chi connectivity index (χ0v) is 22.0. The smallest absolute Gasteiger partial charge is 0.164 e. The third kappa shape index (κ3) is 4.05. The lowest BCUT2D eigenvalue weighted by molar-refractivity contribution is 0.487. The zero-order valence-electron chi connectivity index (χ0n) is 22.0. The van der Waals surface area contributed by atoms with Gasteiger partial charge in [-0.25, -0.2) is 15.0 Å². The highest BCUT2D eigenvalue weighted by Gasteiger charge is 2.23. The van der Waals surface area contributed by atoms with Crippen LogP contribution in [0.3, 0.4) is 0 Å². The molecular weight excluding hydrogens is 502 g/mol. The van der Waals surface area contributed by atoms with E-state index in [0.29, 0.717) is 17.5 Å². The molecule has 2 heterocycles. The van der Waals surface area contributed by atoms with Crippen molar-refractivity contribution in [1.29, 1.82) is 0 Å². The molecule has 0 unspecified atom stereocenters. The summed E-state index contributed by atoms with van der Waals surface area (Å²) in [6, 6.07) is 47.5. The molecule has 4 nitrogen and oxygen atoms in total. The Labute approximate surface area is 237 Å². The zero-order chi connectivity index (χ0) is 27.2. The van der Waals surface area contributed by atoms with Crippen LogP contribution in [0.4, 0.5) is 0 Å². The molecule has 192 valence electrons. The van der Waals surface area contributed by atoms with Crippen LogP contribution < -0.4 is 4.74 Å². The molecule has 0 atom stereocenters. The van der Waals surface area contributed by atoms with Crippen LogP contribution in [0.25, 0.3) is 67.2 Å². The van der Waals surface area contributed by atoms with Gasteiger partial charge in [-0.05, 0) is 40.3 Å². The van der Waals surface area contributed by atoms with Gasteiger partial charge in [-0.3, -0.25) is 0 Å². The van der Waals surface area contributed by atoms with E-state index in [0.717, 1.165) is 44.7 Å². The summed E-state index contributed by atoms with van der Waals surface area (Å²) < 4.78 is 6.56. The Hall–Kier alpha value is -5.61. The standard InChI is InChI=1S/C37H23N3O/c1-4-11-24(12-5-1)28-21-22-32-34-30(28)17-10-18-31(34)29-20-19-27(23-33(29)41-32)37-39-35(25-13-6-2-7-14-25)38-36(40-37)26-15-8-3-9-16-26/h1-23H. The van der Waals surface area contributed by atoms with Gasteiger partial charge in [0.05, 0.1) is 0 Å². The highest BCUT2D eigenvalue weighted by molar-refractivity contribution is 6.10. The normalized spacial score (nSPS) is 11.6. The molecule has 41 heavy (non-hydrogen) atoms. The summed E-state index contributed by atoms with van der Waals surface area (Å²) in [6.45, 7) is 0. The van der Waals surface area contributed by atoms with Crippen LogP contribution in [-0.2, 0) is 0 Å². The molecule has 4 heteroatoms. The molecule has 0 bridgehead atoms. The molecule has 0 saturated carbocycles. The second kappa shape index (κ2) is 9.54. The number of hydrogen-bond donors (Lipinski definition) is 0. The maximum atomic E-state index is 6.56. The van der Waals surface area contributed by atoms with Crippen LogP contribution in [0.2, 0.25) is 0 Å². The monoisotopic (exact) mass is 525 g/mol. The maximum Gasteiger partial charge on any atom is 0.164 e. The second-order valence-electron chi connectivity index (χ2n) is 10.1. The molecule has 1 aromatic heterocycles. The third-order valence-electron chi connectivity index (χ3n) is 7.54. The molecule has 0 radical (unpaired) electrons. The summed E-state index contributed by atoms with van der Waals surface area (Å²) in [5.41, 5.74) is 7.36. The predicted octanol–water partition coefficient (Wildman–Crippen LogP) is 9.47. The fourth-order valence-electron chi connectivity index (χ4n) is 5.58. The topological polar surface area (TPSA) is 47.9 Å². The predicted molar refractivity (Wildman–Crippen MR) is 165 cm³/mol. The van der Waals surface area contributed by atoms with E-state index in [2.05, 4.69) is 66.7 Å². The van der Waals surface area contributed by atoms with Crippen molar-refractivity contribution in [3.05, 3.63) is 140 Å². The highest BCUT2D eigenvalue weighted by atomic mass is 16.5. The Morgan fingerprint density at radius 3 is 1.56 bits per heavy atom. The van der Waals surface area contributed by atoms with E-state index >= 15 is 0 Å². The van der Waals surface area contributed by atoms with Crippen molar-refractivity contribution in [3.8, 4) is 67.9 Å². The molecule has 0 N–H and O–H groups in total. The largest absolute Gasteiger partial charge is 0.456 e. The molecule has 1 aliphatic rings. The van der Waals surface area contributed by atoms with E-state index in [-0.39, 0.29) is 0 Å². The lowest BCUT2D eigenvalue weighted by atomic mass is 9.90. The molecule has 7 aromatic rings. The molecule has 6 aromatic carbocycles. The van der Waals surface area contributed by atoms with Gasteiger partial charge in [0.25, 0.3) is 0 Å². The Morgan fingerprint density at radius 1 is 0.366 bits per heavy atom. The van der Waals surface area contributed by atoms with Gasteiger partial charge in [0.1, 0.15) is 11.5 Å². The highest BCUT2D eigenvalue weighted by Crippen LogP contribution is 2.49. The average Bonchev–Trinajstić information content (AvgIpc) is 3.06. The summed E-state index contributed by atoms with van der Waals surface area (Å²) in [6.07, 6.45) is 0. The van der Waals surface area contributed by atoms with Gasteiger partial charge in [-0.15, -0.1) is 0 Å².